The highest BCUT2D eigenvalue weighted by Crippen LogP contribution is 2.29. The highest BCUT2D eigenvalue weighted by molar-refractivity contribution is 5.80. The molecule has 28 heavy (non-hydrogen) atoms. The van der Waals surface area contributed by atoms with Crippen molar-refractivity contribution in [1.29, 1.82) is 0 Å². The number of amides is 2. The lowest BCUT2D eigenvalue weighted by Gasteiger charge is -2.27. The van der Waals surface area contributed by atoms with Crippen molar-refractivity contribution in [3.63, 3.8) is 0 Å². The number of rotatable bonds is 9. The van der Waals surface area contributed by atoms with Crippen LogP contribution in [0.25, 0.3) is 0 Å². The van der Waals surface area contributed by atoms with Gasteiger partial charge >= 0.3 is 0 Å². The third-order valence-electron chi connectivity index (χ3n) is 5.90. The van der Waals surface area contributed by atoms with Crippen LogP contribution in [-0.4, -0.2) is 23.9 Å². The van der Waals surface area contributed by atoms with Crippen molar-refractivity contribution in [3.05, 3.63) is 71.8 Å². The maximum Gasteiger partial charge on any atom is 0.220 e. The minimum absolute atomic E-state index is 0.0637. The van der Waals surface area contributed by atoms with E-state index in [2.05, 4.69) is 66.1 Å². The topological polar surface area (TPSA) is 58.2 Å². The molecule has 4 heteroatoms. The van der Waals surface area contributed by atoms with Gasteiger partial charge < -0.3 is 10.6 Å². The standard InChI is InChI=1S/C24H30N2O2/c1-2-24(17-14-23(28)26-24)16-13-22(27)25-18-15-21(19-9-5-3-6-10-19)20-11-7-4-8-12-20/h3-12,21H,2,13-18H2,1H3,(H,25,27)(H,26,28)/t24-/m1/s1. The second kappa shape index (κ2) is 9.54. The van der Waals surface area contributed by atoms with Gasteiger partial charge in [0.25, 0.3) is 0 Å². The summed E-state index contributed by atoms with van der Waals surface area (Å²) in [5, 5.41) is 6.15. The summed E-state index contributed by atoms with van der Waals surface area (Å²) in [5.74, 6) is 0.434. The van der Waals surface area contributed by atoms with E-state index in [9.17, 15) is 9.59 Å². The highest BCUT2D eigenvalue weighted by Gasteiger charge is 2.35. The number of hydrogen-bond donors (Lipinski definition) is 2. The molecule has 3 rings (SSSR count). The van der Waals surface area contributed by atoms with E-state index in [1.807, 2.05) is 12.1 Å². The van der Waals surface area contributed by atoms with Crippen LogP contribution in [0.4, 0.5) is 0 Å². The van der Waals surface area contributed by atoms with Gasteiger partial charge in [-0.05, 0) is 36.8 Å². The van der Waals surface area contributed by atoms with Crippen LogP contribution in [0.2, 0.25) is 0 Å². The Morgan fingerprint density at radius 3 is 2.18 bits per heavy atom. The molecule has 1 atom stereocenters. The molecule has 0 saturated carbocycles. The van der Waals surface area contributed by atoms with E-state index in [0.717, 1.165) is 19.3 Å². The molecule has 0 unspecified atom stereocenters. The minimum Gasteiger partial charge on any atom is -0.356 e. The van der Waals surface area contributed by atoms with Crippen molar-refractivity contribution in [2.45, 2.75) is 56.9 Å². The summed E-state index contributed by atoms with van der Waals surface area (Å²) in [5.41, 5.74) is 2.34. The van der Waals surface area contributed by atoms with Crippen LogP contribution in [-0.2, 0) is 9.59 Å². The summed E-state index contributed by atoms with van der Waals surface area (Å²) in [7, 11) is 0. The van der Waals surface area contributed by atoms with E-state index in [0.29, 0.717) is 25.8 Å². The fraction of sp³-hybridized carbons (Fsp3) is 0.417. The Morgan fingerprint density at radius 1 is 1.07 bits per heavy atom. The van der Waals surface area contributed by atoms with Crippen LogP contribution in [0.15, 0.2) is 60.7 Å². The van der Waals surface area contributed by atoms with E-state index in [1.165, 1.54) is 11.1 Å². The van der Waals surface area contributed by atoms with Gasteiger partial charge in [0, 0.05) is 30.8 Å². The largest absolute Gasteiger partial charge is 0.356 e. The Kier molecular flexibility index (Phi) is 6.85. The van der Waals surface area contributed by atoms with E-state index < -0.39 is 0 Å². The quantitative estimate of drug-likeness (QED) is 0.688. The van der Waals surface area contributed by atoms with Gasteiger partial charge in [0.2, 0.25) is 11.8 Å². The van der Waals surface area contributed by atoms with E-state index >= 15 is 0 Å². The van der Waals surface area contributed by atoms with Gasteiger partial charge in [0.05, 0.1) is 0 Å². The molecule has 1 aliphatic rings. The summed E-state index contributed by atoms with van der Waals surface area (Å²) in [4.78, 5) is 23.9. The lowest BCUT2D eigenvalue weighted by molar-refractivity contribution is -0.122. The summed E-state index contributed by atoms with van der Waals surface area (Å²) in [6.45, 7) is 2.71. The molecule has 1 heterocycles. The molecule has 0 aromatic heterocycles. The second-order valence-electron chi connectivity index (χ2n) is 7.69. The summed E-state index contributed by atoms with van der Waals surface area (Å²) in [6, 6.07) is 20.9. The van der Waals surface area contributed by atoms with Gasteiger partial charge in [-0.1, -0.05) is 67.6 Å². The molecule has 4 nitrogen and oxygen atoms in total. The summed E-state index contributed by atoms with van der Waals surface area (Å²) >= 11 is 0. The Bertz CT molecular complexity index is 736. The smallest absolute Gasteiger partial charge is 0.220 e. The zero-order chi connectivity index (χ0) is 19.8. The maximum absolute atomic E-state index is 12.4. The SMILES string of the molecule is CC[C@@]1(CCC(=O)NCCC(c2ccccc2)c2ccccc2)CCC(=O)N1. The molecule has 2 aromatic rings. The van der Waals surface area contributed by atoms with Gasteiger partial charge in [-0.15, -0.1) is 0 Å². The van der Waals surface area contributed by atoms with E-state index in [1.54, 1.807) is 0 Å². The first-order chi connectivity index (χ1) is 13.6. The Hall–Kier alpha value is -2.62. The fourth-order valence-electron chi connectivity index (χ4n) is 4.10. The average Bonchev–Trinajstić information content (AvgIpc) is 3.12. The molecule has 2 N–H and O–H groups in total. The summed E-state index contributed by atoms with van der Waals surface area (Å²) in [6.07, 6.45) is 4.30. The number of carbonyl (C=O) groups excluding carboxylic acids is 2. The van der Waals surface area contributed by atoms with Gasteiger partial charge in [-0.2, -0.15) is 0 Å². The molecule has 1 fully saturated rings. The molecule has 1 saturated heterocycles. The Morgan fingerprint density at radius 2 is 1.68 bits per heavy atom. The van der Waals surface area contributed by atoms with Crippen LogP contribution in [0.1, 0.15) is 62.5 Å². The first-order valence-corrected chi connectivity index (χ1v) is 10.3. The predicted molar refractivity (Wildman–Crippen MR) is 112 cm³/mol. The molecular formula is C24H30N2O2. The van der Waals surface area contributed by atoms with Crippen LogP contribution in [0.5, 0.6) is 0 Å². The minimum atomic E-state index is -0.189. The first-order valence-electron chi connectivity index (χ1n) is 10.3. The molecule has 0 spiro atoms. The van der Waals surface area contributed by atoms with Gasteiger partial charge in [0.15, 0.2) is 0 Å². The highest BCUT2D eigenvalue weighted by atomic mass is 16.2. The lowest BCUT2D eigenvalue weighted by Crippen LogP contribution is -2.42. The second-order valence-corrected chi connectivity index (χ2v) is 7.69. The molecule has 0 bridgehead atoms. The van der Waals surface area contributed by atoms with Crippen LogP contribution < -0.4 is 10.6 Å². The van der Waals surface area contributed by atoms with Crippen molar-refractivity contribution >= 4 is 11.8 Å². The number of hydrogen-bond acceptors (Lipinski definition) is 2. The molecule has 2 amide bonds. The fourth-order valence-corrected chi connectivity index (χ4v) is 4.10. The average molecular weight is 379 g/mol. The van der Waals surface area contributed by atoms with Crippen LogP contribution in [0, 0.1) is 0 Å². The van der Waals surface area contributed by atoms with Gasteiger partial charge in [-0.25, -0.2) is 0 Å². The zero-order valence-corrected chi connectivity index (χ0v) is 16.6. The first kappa shape index (κ1) is 20.1. The third kappa shape index (κ3) is 5.22. The van der Waals surface area contributed by atoms with Crippen molar-refractivity contribution in [3.8, 4) is 0 Å². The van der Waals surface area contributed by atoms with E-state index in [4.69, 9.17) is 0 Å². The number of nitrogens with one attached hydrogen (secondary N) is 2. The Labute approximate surface area is 167 Å². The molecule has 1 aliphatic heterocycles. The molecular weight excluding hydrogens is 348 g/mol. The van der Waals surface area contributed by atoms with Crippen molar-refractivity contribution in [2.24, 2.45) is 0 Å². The molecule has 0 aliphatic carbocycles. The van der Waals surface area contributed by atoms with Crippen molar-refractivity contribution < 1.29 is 9.59 Å². The van der Waals surface area contributed by atoms with E-state index in [-0.39, 0.29) is 23.3 Å². The monoisotopic (exact) mass is 378 g/mol. The maximum atomic E-state index is 12.4. The van der Waals surface area contributed by atoms with Crippen molar-refractivity contribution in [2.75, 3.05) is 6.54 Å². The van der Waals surface area contributed by atoms with Crippen LogP contribution >= 0.6 is 0 Å². The summed E-state index contributed by atoms with van der Waals surface area (Å²) < 4.78 is 0. The normalized spacial score (nSPS) is 18.9. The van der Waals surface area contributed by atoms with Crippen LogP contribution in [0.3, 0.4) is 0 Å². The third-order valence-corrected chi connectivity index (χ3v) is 5.90. The molecule has 148 valence electrons. The molecule has 0 radical (unpaired) electrons. The van der Waals surface area contributed by atoms with Gasteiger partial charge in [-0.3, -0.25) is 9.59 Å². The zero-order valence-electron chi connectivity index (χ0n) is 16.6. The number of carbonyl (C=O) groups is 2. The number of benzene rings is 2. The molecule has 2 aromatic carbocycles. The lowest BCUT2D eigenvalue weighted by atomic mass is 9.88. The van der Waals surface area contributed by atoms with Gasteiger partial charge in [0.1, 0.15) is 0 Å². The Balaban J connectivity index is 1.53. The predicted octanol–water partition coefficient (Wildman–Crippen LogP) is 4.16. The van der Waals surface area contributed by atoms with Crippen molar-refractivity contribution in [1.82, 2.24) is 10.6 Å².